The van der Waals surface area contributed by atoms with Crippen molar-refractivity contribution < 1.29 is 4.79 Å². The van der Waals surface area contributed by atoms with Gasteiger partial charge in [0.15, 0.2) is 5.69 Å². The molecule has 25 heavy (non-hydrogen) atoms. The highest BCUT2D eigenvalue weighted by molar-refractivity contribution is 5.94. The van der Waals surface area contributed by atoms with Crippen LogP contribution in [0, 0.1) is 5.92 Å². The van der Waals surface area contributed by atoms with E-state index in [4.69, 9.17) is 0 Å². The molecular formula is C19H25ClN4O. The molecule has 2 aliphatic rings. The number of hydrogen-bond acceptors (Lipinski definition) is 3. The van der Waals surface area contributed by atoms with Crippen molar-refractivity contribution in [3.8, 4) is 5.69 Å². The third kappa shape index (κ3) is 3.44. The monoisotopic (exact) mass is 360 g/mol. The van der Waals surface area contributed by atoms with Crippen molar-refractivity contribution >= 4 is 18.3 Å². The molecule has 0 radical (unpaired) electrons. The van der Waals surface area contributed by atoms with Crippen LogP contribution in [-0.4, -0.2) is 35.3 Å². The van der Waals surface area contributed by atoms with Crippen molar-refractivity contribution in [1.82, 2.24) is 20.4 Å². The van der Waals surface area contributed by atoms with E-state index in [1.54, 1.807) is 0 Å². The van der Waals surface area contributed by atoms with Gasteiger partial charge < -0.3 is 10.6 Å². The maximum absolute atomic E-state index is 12.6. The highest BCUT2D eigenvalue weighted by atomic mass is 35.5. The molecular weight excluding hydrogens is 336 g/mol. The lowest BCUT2D eigenvalue weighted by atomic mass is 10.0. The zero-order valence-corrected chi connectivity index (χ0v) is 15.4. The molecule has 2 N–H and O–H groups in total. The summed E-state index contributed by atoms with van der Waals surface area (Å²) in [5.41, 5.74) is 5.32. The quantitative estimate of drug-likeness (QED) is 0.860. The molecule has 1 saturated heterocycles. The minimum absolute atomic E-state index is 0. The Morgan fingerprint density at radius 2 is 2.04 bits per heavy atom. The minimum Gasteiger partial charge on any atom is -0.350 e. The van der Waals surface area contributed by atoms with E-state index in [1.165, 1.54) is 11.3 Å². The first-order valence-electron chi connectivity index (χ1n) is 8.95. The van der Waals surface area contributed by atoms with Crippen LogP contribution in [0.5, 0.6) is 0 Å². The number of halogens is 1. The SMILES string of the molecule is CCc1ccc(-n2nc(C(=O)NCC3CNC3)c3c2CCC3)cc1.Cl. The van der Waals surface area contributed by atoms with Crippen molar-refractivity contribution in [2.45, 2.75) is 32.6 Å². The maximum atomic E-state index is 12.6. The molecule has 1 aliphatic carbocycles. The third-order valence-electron chi connectivity index (χ3n) is 5.15. The van der Waals surface area contributed by atoms with Gasteiger partial charge >= 0.3 is 0 Å². The van der Waals surface area contributed by atoms with Crippen molar-refractivity contribution in [3.05, 3.63) is 46.8 Å². The van der Waals surface area contributed by atoms with Crippen LogP contribution in [0.15, 0.2) is 24.3 Å². The number of hydrogen-bond donors (Lipinski definition) is 2. The summed E-state index contributed by atoms with van der Waals surface area (Å²) in [5, 5.41) is 11.0. The van der Waals surface area contributed by atoms with Gasteiger partial charge in [-0.1, -0.05) is 19.1 Å². The molecule has 0 unspecified atom stereocenters. The number of aromatic nitrogens is 2. The average molecular weight is 361 g/mol. The fourth-order valence-corrected chi connectivity index (χ4v) is 3.52. The summed E-state index contributed by atoms with van der Waals surface area (Å²) in [6.45, 7) is 4.88. The first-order chi connectivity index (χ1) is 11.8. The number of carbonyl (C=O) groups excluding carboxylic acids is 1. The number of rotatable bonds is 5. The van der Waals surface area contributed by atoms with Gasteiger partial charge in [0.25, 0.3) is 5.91 Å². The van der Waals surface area contributed by atoms with E-state index < -0.39 is 0 Å². The van der Waals surface area contributed by atoms with E-state index in [2.05, 4.69) is 46.9 Å². The molecule has 1 aliphatic heterocycles. The van der Waals surface area contributed by atoms with Crippen LogP contribution >= 0.6 is 12.4 Å². The lowest BCUT2D eigenvalue weighted by Gasteiger charge is -2.26. The number of nitrogens with zero attached hydrogens (tertiary/aromatic N) is 2. The molecule has 1 fully saturated rings. The number of fused-ring (bicyclic) bond motifs is 1. The minimum atomic E-state index is -0.0241. The molecule has 134 valence electrons. The van der Waals surface area contributed by atoms with Gasteiger partial charge in [-0.15, -0.1) is 12.4 Å². The fourth-order valence-electron chi connectivity index (χ4n) is 3.52. The first kappa shape index (κ1) is 18.0. The summed E-state index contributed by atoms with van der Waals surface area (Å²) in [7, 11) is 0. The largest absolute Gasteiger partial charge is 0.350 e. The molecule has 1 amide bonds. The Morgan fingerprint density at radius 3 is 2.68 bits per heavy atom. The number of nitrogens with one attached hydrogen (secondary N) is 2. The number of aryl methyl sites for hydroxylation is 1. The second-order valence-corrected chi connectivity index (χ2v) is 6.79. The zero-order valence-electron chi connectivity index (χ0n) is 14.5. The second kappa shape index (κ2) is 7.58. The van der Waals surface area contributed by atoms with Gasteiger partial charge in [0.05, 0.1) is 5.69 Å². The van der Waals surface area contributed by atoms with E-state index in [9.17, 15) is 4.79 Å². The third-order valence-corrected chi connectivity index (χ3v) is 5.15. The molecule has 2 aromatic rings. The van der Waals surface area contributed by atoms with Crippen LogP contribution < -0.4 is 10.6 Å². The highest BCUT2D eigenvalue weighted by Crippen LogP contribution is 2.28. The molecule has 1 aromatic carbocycles. The normalized spacial score (nSPS) is 16.0. The fraction of sp³-hybridized carbons (Fsp3) is 0.474. The summed E-state index contributed by atoms with van der Waals surface area (Å²) < 4.78 is 1.97. The van der Waals surface area contributed by atoms with Crippen molar-refractivity contribution in [3.63, 3.8) is 0 Å². The summed E-state index contributed by atoms with van der Waals surface area (Å²) in [4.78, 5) is 12.6. The Labute approximate surface area is 154 Å². The van der Waals surface area contributed by atoms with Gasteiger partial charge in [0.1, 0.15) is 0 Å². The van der Waals surface area contributed by atoms with Crippen LogP contribution in [-0.2, 0) is 19.3 Å². The molecule has 5 nitrogen and oxygen atoms in total. The predicted molar refractivity (Wildman–Crippen MR) is 101 cm³/mol. The van der Waals surface area contributed by atoms with Gasteiger partial charge in [0.2, 0.25) is 0 Å². The van der Waals surface area contributed by atoms with E-state index in [0.29, 0.717) is 11.6 Å². The van der Waals surface area contributed by atoms with Gasteiger partial charge in [-0.25, -0.2) is 4.68 Å². The molecule has 0 bridgehead atoms. The van der Waals surface area contributed by atoms with Crippen LogP contribution in [0.3, 0.4) is 0 Å². The second-order valence-electron chi connectivity index (χ2n) is 6.79. The summed E-state index contributed by atoms with van der Waals surface area (Å²) in [6, 6.07) is 8.49. The Bertz CT molecular complexity index is 750. The van der Waals surface area contributed by atoms with Crippen LogP contribution in [0.1, 0.15) is 40.7 Å². The summed E-state index contributed by atoms with van der Waals surface area (Å²) in [6.07, 6.45) is 4.09. The van der Waals surface area contributed by atoms with E-state index in [1.807, 2.05) is 4.68 Å². The highest BCUT2D eigenvalue weighted by Gasteiger charge is 2.27. The van der Waals surface area contributed by atoms with E-state index >= 15 is 0 Å². The number of benzene rings is 1. The van der Waals surface area contributed by atoms with Gasteiger partial charge in [0, 0.05) is 36.8 Å². The Hall–Kier alpha value is -1.85. The summed E-state index contributed by atoms with van der Waals surface area (Å²) >= 11 is 0. The van der Waals surface area contributed by atoms with Gasteiger partial charge in [-0.05, 0) is 43.4 Å². The first-order valence-corrected chi connectivity index (χ1v) is 8.95. The molecule has 2 heterocycles. The molecule has 4 rings (SSSR count). The molecule has 0 saturated carbocycles. The molecule has 1 aromatic heterocycles. The molecule has 0 atom stereocenters. The van der Waals surface area contributed by atoms with Gasteiger partial charge in [-0.3, -0.25) is 4.79 Å². The van der Waals surface area contributed by atoms with Crippen LogP contribution in [0.25, 0.3) is 5.69 Å². The Kier molecular flexibility index (Phi) is 5.45. The molecule has 0 spiro atoms. The van der Waals surface area contributed by atoms with Crippen LogP contribution in [0.4, 0.5) is 0 Å². The number of amides is 1. The zero-order chi connectivity index (χ0) is 16.5. The summed E-state index contributed by atoms with van der Waals surface area (Å²) in [5.74, 6) is 0.537. The van der Waals surface area contributed by atoms with E-state index in [-0.39, 0.29) is 18.3 Å². The topological polar surface area (TPSA) is 59.0 Å². The van der Waals surface area contributed by atoms with Gasteiger partial charge in [-0.2, -0.15) is 5.10 Å². The van der Waals surface area contributed by atoms with Crippen molar-refractivity contribution in [1.29, 1.82) is 0 Å². The predicted octanol–water partition coefficient (Wildman–Crippen LogP) is 2.29. The molecule has 6 heteroatoms. The maximum Gasteiger partial charge on any atom is 0.272 e. The smallest absolute Gasteiger partial charge is 0.272 e. The van der Waals surface area contributed by atoms with Crippen molar-refractivity contribution in [2.24, 2.45) is 5.92 Å². The standard InChI is InChI=1S/C19H24N4O.ClH/c1-2-13-6-8-15(9-7-13)23-17-5-3-4-16(17)18(22-23)19(24)21-12-14-10-20-11-14;/h6-9,14,20H,2-5,10-12H2,1H3,(H,21,24);1H. The van der Waals surface area contributed by atoms with E-state index in [0.717, 1.165) is 56.6 Å². The lowest BCUT2D eigenvalue weighted by Crippen LogP contribution is -2.48. The van der Waals surface area contributed by atoms with Crippen molar-refractivity contribution in [2.75, 3.05) is 19.6 Å². The Balaban J connectivity index is 0.00000182. The average Bonchev–Trinajstić information content (AvgIpc) is 3.15. The Morgan fingerprint density at radius 1 is 1.28 bits per heavy atom. The van der Waals surface area contributed by atoms with Crippen LogP contribution in [0.2, 0.25) is 0 Å². The lowest BCUT2D eigenvalue weighted by molar-refractivity contribution is 0.0936. The number of carbonyl (C=O) groups is 1.